The smallest absolute Gasteiger partial charge is 0.338 e. The molecule has 154 valence electrons. The van der Waals surface area contributed by atoms with Gasteiger partial charge in [-0.3, -0.25) is 20.2 Å². The Balaban J connectivity index is 1.68. The molecular formula is C20H18N4O5S. The van der Waals surface area contributed by atoms with Crippen LogP contribution in [0.3, 0.4) is 0 Å². The molecule has 0 aliphatic carbocycles. The van der Waals surface area contributed by atoms with E-state index in [1.54, 1.807) is 42.6 Å². The van der Waals surface area contributed by atoms with Crippen LogP contribution in [0.4, 0.5) is 16.5 Å². The Bertz CT molecular complexity index is 1100. The molecule has 0 bridgehead atoms. The summed E-state index contributed by atoms with van der Waals surface area (Å²) in [6.45, 7) is 1.72. The Kier molecular flexibility index (Phi) is 6.38. The fourth-order valence-electron chi connectivity index (χ4n) is 2.61. The number of amides is 1. The molecule has 9 nitrogen and oxygen atoms in total. The standard InChI is InChI=1S/C20H18N4O5S/c1-2-17(29-19(26)13-6-3-7-14(21)9-13)18(25)23-20-22-16(11-30-20)12-5-4-8-15(10-12)24(27)28/h3-11,17H,2,21H2,1H3,(H,22,23,25). The van der Waals surface area contributed by atoms with E-state index in [4.69, 9.17) is 10.5 Å². The van der Waals surface area contributed by atoms with Crippen molar-refractivity contribution in [3.8, 4) is 11.3 Å². The van der Waals surface area contributed by atoms with Gasteiger partial charge in [-0.15, -0.1) is 11.3 Å². The monoisotopic (exact) mass is 426 g/mol. The minimum atomic E-state index is -1.01. The number of nitro benzene ring substituents is 1. The number of carbonyl (C=O) groups is 2. The van der Waals surface area contributed by atoms with Gasteiger partial charge >= 0.3 is 5.97 Å². The van der Waals surface area contributed by atoms with Gasteiger partial charge in [-0.2, -0.15) is 0 Å². The van der Waals surface area contributed by atoms with Crippen molar-refractivity contribution in [3.05, 3.63) is 69.6 Å². The van der Waals surface area contributed by atoms with E-state index in [9.17, 15) is 19.7 Å². The van der Waals surface area contributed by atoms with Gasteiger partial charge in [0, 0.05) is 28.8 Å². The Morgan fingerprint density at radius 3 is 2.73 bits per heavy atom. The molecule has 3 rings (SSSR count). The second kappa shape index (κ2) is 9.14. The second-order valence-corrected chi connectivity index (χ2v) is 7.12. The second-order valence-electron chi connectivity index (χ2n) is 6.26. The molecule has 0 saturated heterocycles. The molecule has 1 aromatic heterocycles. The predicted molar refractivity (Wildman–Crippen MR) is 113 cm³/mol. The summed E-state index contributed by atoms with van der Waals surface area (Å²) < 4.78 is 5.30. The molecule has 0 aliphatic heterocycles. The van der Waals surface area contributed by atoms with E-state index in [1.807, 2.05) is 0 Å². The van der Waals surface area contributed by atoms with E-state index in [2.05, 4.69) is 10.3 Å². The van der Waals surface area contributed by atoms with Crippen molar-refractivity contribution in [2.75, 3.05) is 11.1 Å². The van der Waals surface area contributed by atoms with Gasteiger partial charge in [-0.05, 0) is 24.6 Å². The third-order valence-electron chi connectivity index (χ3n) is 4.12. The van der Waals surface area contributed by atoms with Gasteiger partial charge in [0.15, 0.2) is 11.2 Å². The number of hydrogen-bond donors (Lipinski definition) is 2. The largest absolute Gasteiger partial charge is 0.449 e. The van der Waals surface area contributed by atoms with Gasteiger partial charge < -0.3 is 10.5 Å². The summed E-state index contributed by atoms with van der Waals surface area (Å²) in [5, 5.41) is 15.5. The van der Waals surface area contributed by atoms with Gasteiger partial charge in [0.1, 0.15) is 0 Å². The lowest BCUT2D eigenvalue weighted by molar-refractivity contribution is -0.384. The van der Waals surface area contributed by atoms with Crippen molar-refractivity contribution in [1.29, 1.82) is 0 Å². The Morgan fingerprint density at radius 1 is 1.27 bits per heavy atom. The SMILES string of the molecule is CCC(OC(=O)c1cccc(N)c1)C(=O)Nc1nc(-c2cccc([N+](=O)[O-])c2)cs1. The highest BCUT2D eigenvalue weighted by atomic mass is 32.1. The zero-order valence-electron chi connectivity index (χ0n) is 15.9. The zero-order valence-corrected chi connectivity index (χ0v) is 16.7. The van der Waals surface area contributed by atoms with Crippen LogP contribution in [0, 0.1) is 10.1 Å². The molecule has 0 saturated carbocycles. The molecule has 0 fully saturated rings. The van der Waals surface area contributed by atoms with Crippen LogP contribution >= 0.6 is 11.3 Å². The van der Waals surface area contributed by atoms with Crippen LogP contribution in [0.1, 0.15) is 23.7 Å². The summed E-state index contributed by atoms with van der Waals surface area (Å²) >= 11 is 1.16. The van der Waals surface area contributed by atoms with Gasteiger partial charge in [0.2, 0.25) is 0 Å². The van der Waals surface area contributed by atoms with Crippen molar-refractivity contribution >= 4 is 39.7 Å². The number of aromatic nitrogens is 1. The molecule has 0 spiro atoms. The molecule has 1 atom stereocenters. The van der Waals surface area contributed by atoms with Crippen LogP contribution in [0.5, 0.6) is 0 Å². The number of hydrogen-bond acceptors (Lipinski definition) is 8. The van der Waals surface area contributed by atoms with Crippen LogP contribution in [0.15, 0.2) is 53.9 Å². The number of ether oxygens (including phenoxy) is 1. The average Bonchev–Trinajstić information content (AvgIpc) is 3.20. The molecule has 2 aromatic carbocycles. The Labute approximate surface area is 175 Å². The summed E-state index contributed by atoms with van der Waals surface area (Å²) in [5.41, 5.74) is 7.33. The molecule has 1 unspecified atom stereocenters. The summed E-state index contributed by atoms with van der Waals surface area (Å²) in [7, 11) is 0. The first-order chi connectivity index (χ1) is 14.4. The van der Waals surface area contributed by atoms with Crippen molar-refractivity contribution in [2.45, 2.75) is 19.4 Å². The maximum atomic E-state index is 12.5. The maximum Gasteiger partial charge on any atom is 0.338 e. The maximum absolute atomic E-state index is 12.5. The number of nitrogens with zero attached hydrogens (tertiary/aromatic N) is 2. The van der Waals surface area contributed by atoms with Crippen molar-refractivity contribution < 1.29 is 19.2 Å². The molecule has 0 radical (unpaired) electrons. The predicted octanol–water partition coefficient (Wildman–Crippen LogP) is 3.87. The molecule has 30 heavy (non-hydrogen) atoms. The highest BCUT2D eigenvalue weighted by molar-refractivity contribution is 7.14. The van der Waals surface area contributed by atoms with Crippen molar-refractivity contribution in [3.63, 3.8) is 0 Å². The molecule has 3 aromatic rings. The van der Waals surface area contributed by atoms with Crippen LogP contribution < -0.4 is 11.1 Å². The Hall–Kier alpha value is -3.79. The zero-order chi connectivity index (χ0) is 21.7. The van der Waals surface area contributed by atoms with E-state index in [0.717, 1.165) is 11.3 Å². The molecule has 10 heteroatoms. The first-order valence-electron chi connectivity index (χ1n) is 8.95. The van der Waals surface area contributed by atoms with Crippen LogP contribution in [0.2, 0.25) is 0 Å². The molecule has 1 heterocycles. The average molecular weight is 426 g/mol. The number of thiazole rings is 1. The summed E-state index contributed by atoms with van der Waals surface area (Å²) in [5.74, 6) is -1.17. The topological polar surface area (TPSA) is 137 Å². The minimum Gasteiger partial charge on any atom is -0.449 e. The van der Waals surface area contributed by atoms with Crippen molar-refractivity contribution in [2.24, 2.45) is 0 Å². The number of nitrogen functional groups attached to an aromatic ring is 1. The van der Waals surface area contributed by atoms with E-state index < -0.39 is 22.9 Å². The summed E-state index contributed by atoms with van der Waals surface area (Å²) in [6.07, 6.45) is -0.743. The highest BCUT2D eigenvalue weighted by Gasteiger charge is 2.23. The number of esters is 1. The lowest BCUT2D eigenvalue weighted by Gasteiger charge is -2.15. The fourth-order valence-corrected chi connectivity index (χ4v) is 3.34. The molecule has 1 amide bonds. The quantitative estimate of drug-likeness (QED) is 0.253. The lowest BCUT2D eigenvalue weighted by Crippen LogP contribution is -2.32. The van der Waals surface area contributed by atoms with E-state index >= 15 is 0 Å². The minimum absolute atomic E-state index is 0.0504. The molecule has 3 N–H and O–H groups in total. The highest BCUT2D eigenvalue weighted by Crippen LogP contribution is 2.27. The van der Waals surface area contributed by atoms with Gasteiger partial charge in [-0.1, -0.05) is 25.1 Å². The van der Waals surface area contributed by atoms with Gasteiger partial charge in [0.05, 0.1) is 16.2 Å². The number of rotatable bonds is 7. The van der Waals surface area contributed by atoms with Gasteiger partial charge in [-0.25, -0.2) is 9.78 Å². The van der Waals surface area contributed by atoms with E-state index in [0.29, 0.717) is 22.1 Å². The first kappa shape index (κ1) is 20.9. The number of nitrogens with one attached hydrogen (secondary N) is 1. The summed E-state index contributed by atoms with van der Waals surface area (Å²) in [6, 6.07) is 12.3. The number of nitrogens with two attached hydrogens (primary N) is 1. The van der Waals surface area contributed by atoms with Crippen molar-refractivity contribution in [1.82, 2.24) is 4.98 Å². The number of non-ortho nitro benzene ring substituents is 1. The third kappa shape index (κ3) is 4.97. The lowest BCUT2D eigenvalue weighted by atomic mass is 10.1. The molecular weight excluding hydrogens is 408 g/mol. The summed E-state index contributed by atoms with van der Waals surface area (Å²) in [4.78, 5) is 39.5. The van der Waals surface area contributed by atoms with Crippen LogP contribution in [-0.4, -0.2) is 27.9 Å². The Morgan fingerprint density at radius 2 is 2.03 bits per heavy atom. The van der Waals surface area contributed by atoms with E-state index in [-0.39, 0.29) is 17.7 Å². The normalized spacial score (nSPS) is 11.5. The fraction of sp³-hybridized carbons (Fsp3) is 0.150. The molecule has 0 aliphatic rings. The number of anilines is 2. The van der Waals surface area contributed by atoms with Crippen LogP contribution in [0.25, 0.3) is 11.3 Å². The first-order valence-corrected chi connectivity index (χ1v) is 9.83. The van der Waals surface area contributed by atoms with Gasteiger partial charge in [0.25, 0.3) is 11.6 Å². The number of nitro groups is 1. The third-order valence-corrected chi connectivity index (χ3v) is 4.88. The number of benzene rings is 2. The van der Waals surface area contributed by atoms with Crippen LogP contribution in [-0.2, 0) is 9.53 Å². The number of carbonyl (C=O) groups excluding carboxylic acids is 2. The van der Waals surface area contributed by atoms with E-state index in [1.165, 1.54) is 18.2 Å².